The van der Waals surface area contributed by atoms with Crippen LogP contribution in [0.1, 0.15) is 152 Å². The van der Waals surface area contributed by atoms with Crippen LogP contribution in [0.3, 0.4) is 0 Å². The third kappa shape index (κ3) is 26.3. The van der Waals surface area contributed by atoms with Gasteiger partial charge in [-0.05, 0) is 58.0 Å². The number of thioether (sulfide) groups is 1. The number of rotatable bonds is 45. The van der Waals surface area contributed by atoms with Crippen molar-refractivity contribution in [1.29, 1.82) is 0 Å². The molecule has 3 aromatic heterocycles. The van der Waals surface area contributed by atoms with Crippen LogP contribution in [0.4, 0.5) is 17.8 Å². The van der Waals surface area contributed by atoms with E-state index in [0.717, 1.165) is 108 Å². The van der Waals surface area contributed by atoms with Crippen molar-refractivity contribution >= 4 is 53.2 Å². The molecule has 5 heterocycles. The number of carbonyl (C=O) groups excluding carboxylic acids is 4. The van der Waals surface area contributed by atoms with E-state index in [0.29, 0.717) is 160 Å². The molecule has 470 valence electrons. The molecule has 2 saturated heterocycles. The highest BCUT2D eigenvalue weighted by atomic mass is 32.2. The monoisotopic (exact) mass is 1190 g/mol. The SMILES string of the molecule is C#CCOCCOCCOCCNc1nc(N2CCN(C(=O)CCCCCCCCCCNC(=O)[C@@H](CCSC)n3cc(CCO)nn3)CC2)nc(N2CCN(C(=O)CCCCCCCCCCNC(=O)[C@@H]([C@H](C)O)n3cc(C)nn3)CC2)n1. The number of ether oxygens (including phenoxy) is 3. The fourth-order valence-electron chi connectivity index (χ4n) is 10.1. The maximum absolute atomic E-state index is 13.3. The van der Waals surface area contributed by atoms with Crippen LogP contribution in [0.15, 0.2) is 12.4 Å². The lowest BCUT2D eigenvalue weighted by Gasteiger charge is -2.36. The normalized spacial score (nSPS) is 14.8. The van der Waals surface area contributed by atoms with Gasteiger partial charge in [0.15, 0.2) is 6.04 Å². The van der Waals surface area contributed by atoms with Crippen molar-refractivity contribution in [3.8, 4) is 12.3 Å². The Kier molecular flexibility index (Phi) is 34.0. The fourth-order valence-corrected chi connectivity index (χ4v) is 10.5. The van der Waals surface area contributed by atoms with Crippen molar-refractivity contribution in [3.05, 3.63) is 23.8 Å². The van der Waals surface area contributed by atoms with Gasteiger partial charge < -0.3 is 60.0 Å². The van der Waals surface area contributed by atoms with Gasteiger partial charge in [0.2, 0.25) is 41.5 Å². The molecular weight excluding hydrogens is 1100 g/mol. The van der Waals surface area contributed by atoms with Crippen LogP contribution in [0, 0.1) is 19.3 Å². The van der Waals surface area contributed by atoms with Gasteiger partial charge >= 0.3 is 0 Å². The molecule has 84 heavy (non-hydrogen) atoms. The third-order valence-electron chi connectivity index (χ3n) is 14.9. The van der Waals surface area contributed by atoms with Gasteiger partial charge in [-0.25, -0.2) is 9.36 Å². The highest BCUT2D eigenvalue weighted by Crippen LogP contribution is 2.22. The Morgan fingerprint density at radius 3 is 1.64 bits per heavy atom. The van der Waals surface area contributed by atoms with Gasteiger partial charge in [-0.3, -0.25) is 19.2 Å². The molecule has 2 aliphatic heterocycles. The van der Waals surface area contributed by atoms with Crippen LogP contribution >= 0.6 is 11.8 Å². The van der Waals surface area contributed by atoms with Crippen LogP contribution in [0.25, 0.3) is 0 Å². The number of terminal acetylenes is 1. The van der Waals surface area contributed by atoms with Gasteiger partial charge in [0.25, 0.3) is 0 Å². The molecule has 5 N–H and O–H groups in total. The Bertz CT molecular complexity index is 2360. The number of aryl methyl sites for hydroxylation is 1. The molecule has 3 atom stereocenters. The van der Waals surface area contributed by atoms with E-state index in [2.05, 4.69) is 52.3 Å². The first-order valence-electron chi connectivity index (χ1n) is 30.9. The summed E-state index contributed by atoms with van der Waals surface area (Å²) in [6.45, 7) is 12.2. The number of amides is 4. The molecule has 2 aliphatic rings. The minimum absolute atomic E-state index is 0.00597. The standard InChI is InChI=1S/C58H98N16O9S/c1-5-38-81-40-42-83-43-41-82-39-28-61-56-62-57(71-33-29-69(30-34-71)51(77)22-18-14-10-6-8-12-16-20-26-59-54(79)50(25-44-84-4)73-46-49(24-37-75)66-68-73)64-58(63-56)72-35-31-70(32-36-72)52(78)23-19-15-11-7-9-13-17-21-27-60-55(80)53(48(3)76)74-45-47(2)65-67-74/h1,45-46,48,50,53,75-76H,6-44H2,2-4H3,(H,59,79)(H,60,80)(H,61,62,63,64)/t48-,50+,53+/m0/s1. The van der Waals surface area contributed by atoms with Crippen molar-refractivity contribution in [2.24, 2.45) is 0 Å². The zero-order valence-electron chi connectivity index (χ0n) is 50.5. The first-order chi connectivity index (χ1) is 41.0. The summed E-state index contributed by atoms with van der Waals surface area (Å²) < 4.78 is 19.6. The second-order valence-corrected chi connectivity index (χ2v) is 22.6. The number of aliphatic hydroxyl groups excluding tert-OH is 2. The molecule has 0 saturated carbocycles. The highest BCUT2D eigenvalue weighted by molar-refractivity contribution is 7.98. The van der Waals surface area contributed by atoms with E-state index in [4.69, 9.17) is 35.6 Å². The van der Waals surface area contributed by atoms with Crippen molar-refractivity contribution < 1.29 is 43.6 Å². The molecule has 5 rings (SSSR count). The molecule has 0 aliphatic carbocycles. The second kappa shape index (κ2) is 41.4. The minimum Gasteiger partial charge on any atom is -0.396 e. The topological polar surface area (TPSA) is 286 Å². The smallest absolute Gasteiger partial charge is 0.247 e. The van der Waals surface area contributed by atoms with Gasteiger partial charge in [-0.15, -0.1) is 16.6 Å². The van der Waals surface area contributed by atoms with Crippen molar-refractivity contribution in [2.75, 3.05) is 145 Å². The number of aromatic nitrogens is 9. The molecule has 3 aromatic rings. The van der Waals surface area contributed by atoms with E-state index in [-0.39, 0.29) is 36.8 Å². The van der Waals surface area contributed by atoms with Crippen molar-refractivity contribution in [2.45, 2.75) is 160 Å². The van der Waals surface area contributed by atoms with Crippen LogP contribution in [0.5, 0.6) is 0 Å². The second-order valence-electron chi connectivity index (χ2n) is 21.6. The first kappa shape index (κ1) is 69.1. The Morgan fingerprint density at radius 1 is 0.643 bits per heavy atom. The summed E-state index contributed by atoms with van der Waals surface area (Å²) in [7, 11) is 0. The number of nitrogens with zero attached hydrogens (tertiary/aromatic N) is 13. The van der Waals surface area contributed by atoms with Gasteiger partial charge in [0.05, 0.1) is 50.5 Å². The van der Waals surface area contributed by atoms with Gasteiger partial charge in [-0.1, -0.05) is 93.4 Å². The largest absolute Gasteiger partial charge is 0.396 e. The maximum atomic E-state index is 13.3. The molecule has 0 bridgehead atoms. The van der Waals surface area contributed by atoms with E-state index in [1.165, 1.54) is 4.68 Å². The summed E-state index contributed by atoms with van der Waals surface area (Å²) in [4.78, 5) is 75.2. The molecule has 0 spiro atoms. The zero-order chi connectivity index (χ0) is 60.0. The lowest BCUT2D eigenvalue weighted by molar-refractivity contribution is -0.132. The molecule has 26 heteroatoms. The average molecular weight is 1200 g/mol. The zero-order valence-corrected chi connectivity index (χ0v) is 51.3. The van der Waals surface area contributed by atoms with Gasteiger partial charge in [0.1, 0.15) is 12.6 Å². The number of anilines is 3. The fraction of sp³-hybridized carbons (Fsp3) is 0.776. The average Bonchev–Trinajstić information content (AvgIpc) is 4.01. The Morgan fingerprint density at radius 2 is 1.14 bits per heavy atom. The van der Waals surface area contributed by atoms with Crippen LogP contribution in [0.2, 0.25) is 0 Å². The van der Waals surface area contributed by atoms with E-state index in [1.807, 2.05) is 16.1 Å². The predicted molar refractivity (Wildman–Crippen MR) is 325 cm³/mol. The Balaban J connectivity index is 0.957. The summed E-state index contributed by atoms with van der Waals surface area (Å²) in [5.74, 6) is 4.87. The summed E-state index contributed by atoms with van der Waals surface area (Å²) in [5.41, 5.74) is 1.37. The van der Waals surface area contributed by atoms with Crippen molar-refractivity contribution in [3.63, 3.8) is 0 Å². The summed E-state index contributed by atoms with van der Waals surface area (Å²) in [6, 6.07) is -1.21. The summed E-state index contributed by atoms with van der Waals surface area (Å²) in [6.07, 6.45) is 28.4. The Labute approximate surface area is 502 Å². The first-order valence-corrected chi connectivity index (χ1v) is 32.2. The number of piperazine rings is 2. The highest BCUT2D eigenvalue weighted by Gasteiger charge is 2.29. The van der Waals surface area contributed by atoms with Crippen LogP contribution < -0.4 is 25.8 Å². The van der Waals surface area contributed by atoms with E-state index in [9.17, 15) is 29.4 Å². The number of hydrogen-bond acceptors (Lipinski definition) is 20. The lowest BCUT2D eigenvalue weighted by atomic mass is 10.1. The number of hydrogen-bond donors (Lipinski definition) is 5. The lowest BCUT2D eigenvalue weighted by Crippen LogP contribution is -2.50. The van der Waals surface area contributed by atoms with E-state index in [1.54, 1.807) is 42.7 Å². The summed E-state index contributed by atoms with van der Waals surface area (Å²) >= 11 is 1.69. The molecule has 0 unspecified atom stereocenters. The van der Waals surface area contributed by atoms with E-state index < -0.39 is 18.2 Å². The Hall–Kier alpha value is -5.72. The van der Waals surface area contributed by atoms with Crippen molar-refractivity contribution in [1.82, 2.24) is 65.4 Å². The molecular formula is C58H98N16O9S. The maximum Gasteiger partial charge on any atom is 0.247 e. The van der Waals surface area contributed by atoms with Gasteiger partial charge in [0, 0.05) is 110 Å². The van der Waals surface area contributed by atoms with Crippen LogP contribution in [-0.2, 0) is 39.8 Å². The molecule has 2 fully saturated rings. The molecule has 0 aromatic carbocycles. The van der Waals surface area contributed by atoms with Crippen LogP contribution in [-0.4, -0.2) is 225 Å². The molecule has 4 amide bonds. The number of carbonyl (C=O) groups is 4. The van der Waals surface area contributed by atoms with Gasteiger partial charge in [-0.2, -0.15) is 26.7 Å². The number of aliphatic hydroxyl groups is 2. The minimum atomic E-state index is -0.889. The quantitative estimate of drug-likeness (QED) is 0.0392. The van der Waals surface area contributed by atoms with E-state index >= 15 is 0 Å². The predicted octanol–water partition coefficient (Wildman–Crippen LogP) is 4.16. The summed E-state index contributed by atoms with van der Waals surface area (Å²) in [5, 5.41) is 44.9. The number of unbranched alkanes of at least 4 members (excludes halogenated alkanes) is 14. The molecule has 25 nitrogen and oxygen atoms in total. The number of nitrogens with one attached hydrogen (secondary N) is 3. The molecule has 0 radical (unpaired) electrons. The third-order valence-corrected chi connectivity index (χ3v) is 15.6.